The van der Waals surface area contributed by atoms with Gasteiger partial charge in [-0.25, -0.2) is 0 Å². The molecule has 0 atom stereocenters. The molecule has 0 saturated heterocycles. The van der Waals surface area contributed by atoms with Crippen molar-refractivity contribution in [1.29, 1.82) is 0 Å². The zero-order valence-corrected chi connectivity index (χ0v) is 8.95. The predicted molar refractivity (Wildman–Crippen MR) is 61.2 cm³/mol. The molecule has 1 N–H and O–H groups in total. The molecule has 70 valence electrons. The van der Waals surface area contributed by atoms with Crippen LogP contribution in [0.25, 0.3) is 0 Å². The molecule has 1 aromatic rings. The smallest absolute Gasteiger partial charge is 0.294 e. The van der Waals surface area contributed by atoms with Crippen LogP contribution in [0.2, 0.25) is 0 Å². The molecule has 0 spiro atoms. The first-order valence-electron chi connectivity index (χ1n) is 3.98. The topological polar surface area (TPSA) is 29.1 Å². The van der Waals surface area contributed by atoms with E-state index in [1.165, 1.54) is 10.8 Å². The highest BCUT2D eigenvalue weighted by atomic mass is 33.1. The third-order valence-corrected chi connectivity index (χ3v) is 3.39. The molecule has 0 aliphatic carbocycles. The Bertz CT molecular complexity index is 264. The van der Waals surface area contributed by atoms with Crippen LogP contribution in [0.1, 0.15) is 6.92 Å². The Morgan fingerprint density at radius 2 is 2.08 bits per heavy atom. The van der Waals surface area contributed by atoms with Gasteiger partial charge in [0.1, 0.15) is 0 Å². The maximum absolute atomic E-state index is 11.2. The molecule has 0 fully saturated rings. The predicted octanol–water partition coefficient (Wildman–Crippen LogP) is 3.62. The molecule has 0 aliphatic rings. The standard InChI is InChI=1S/C9H11NOS2/c1-2-12-13-9(11)10-8-6-4-3-5-7-8/h3-7H,2H2,1H3,(H,10,11). The monoisotopic (exact) mass is 213 g/mol. The number of rotatable bonds is 3. The normalized spacial score (nSPS) is 9.62. The van der Waals surface area contributed by atoms with Gasteiger partial charge in [0.25, 0.3) is 5.24 Å². The summed E-state index contributed by atoms with van der Waals surface area (Å²) in [5, 5.41) is 2.76. The molecule has 0 unspecified atom stereocenters. The van der Waals surface area contributed by atoms with Crippen LogP contribution in [-0.2, 0) is 0 Å². The fourth-order valence-electron chi connectivity index (χ4n) is 0.773. The van der Waals surface area contributed by atoms with Gasteiger partial charge < -0.3 is 5.32 Å². The van der Waals surface area contributed by atoms with Crippen molar-refractivity contribution in [2.75, 3.05) is 11.1 Å². The van der Waals surface area contributed by atoms with Gasteiger partial charge in [0, 0.05) is 22.2 Å². The molecule has 0 radical (unpaired) electrons. The summed E-state index contributed by atoms with van der Waals surface area (Å²) in [5.74, 6) is 0.937. The van der Waals surface area contributed by atoms with Gasteiger partial charge in [0.2, 0.25) is 0 Å². The Morgan fingerprint density at radius 3 is 2.69 bits per heavy atom. The summed E-state index contributed by atoms with van der Waals surface area (Å²) < 4.78 is 0. The van der Waals surface area contributed by atoms with Crippen molar-refractivity contribution >= 4 is 32.5 Å². The highest BCUT2D eigenvalue weighted by molar-refractivity contribution is 8.82. The van der Waals surface area contributed by atoms with Crippen LogP contribution in [0.15, 0.2) is 30.3 Å². The third kappa shape index (κ3) is 4.24. The zero-order chi connectivity index (χ0) is 9.52. The van der Waals surface area contributed by atoms with E-state index in [1.807, 2.05) is 37.3 Å². The largest absolute Gasteiger partial charge is 0.316 e. The summed E-state index contributed by atoms with van der Waals surface area (Å²) >= 11 is 0. The molecule has 0 heterocycles. The van der Waals surface area contributed by atoms with Gasteiger partial charge >= 0.3 is 0 Å². The lowest BCUT2D eigenvalue weighted by Crippen LogP contribution is -2.02. The van der Waals surface area contributed by atoms with Gasteiger partial charge in [-0.3, -0.25) is 4.79 Å². The van der Waals surface area contributed by atoms with Crippen molar-refractivity contribution in [2.24, 2.45) is 0 Å². The Balaban J connectivity index is 2.37. The van der Waals surface area contributed by atoms with Crippen LogP contribution in [0, 0.1) is 0 Å². The summed E-state index contributed by atoms with van der Waals surface area (Å²) in [6, 6.07) is 9.45. The first-order chi connectivity index (χ1) is 6.33. The Labute approximate surface area is 85.9 Å². The maximum Gasteiger partial charge on any atom is 0.294 e. The quantitative estimate of drug-likeness (QED) is 0.777. The van der Waals surface area contributed by atoms with Crippen LogP contribution in [-0.4, -0.2) is 11.0 Å². The second kappa shape index (κ2) is 5.94. The molecule has 1 rings (SSSR count). The zero-order valence-electron chi connectivity index (χ0n) is 7.32. The molecule has 1 amide bonds. The van der Waals surface area contributed by atoms with E-state index in [-0.39, 0.29) is 5.24 Å². The summed E-state index contributed by atoms with van der Waals surface area (Å²) in [7, 11) is 2.78. The van der Waals surface area contributed by atoms with Crippen LogP contribution in [0.3, 0.4) is 0 Å². The molecule has 0 bridgehead atoms. The number of anilines is 1. The number of hydrogen-bond acceptors (Lipinski definition) is 3. The second-order valence-electron chi connectivity index (χ2n) is 2.27. The summed E-state index contributed by atoms with van der Waals surface area (Å²) in [4.78, 5) is 11.2. The highest BCUT2D eigenvalue weighted by Gasteiger charge is 2.01. The van der Waals surface area contributed by atoms with E-state index in [9.17, 15) is 4.79 Å². The number of nitrogens with one attached hydrogen (secondary N) is 1. The SMILES string of the molecule is CCSSC(=O)Nc1ccccc1. The van der Waals surface area contributed by atoms with Crippen molar-refractivity contribution < 1.29 is 4.79 Å². The molecule has 4 heteroatoms. The Morgan fingerprint density at radius 1 is 1.38 bits per heavy atom. The van der Waals surface area contributed by atoms with Gasteiger partial charge in [0.15, 0.2) is 0 Å². The van der Waals surface area contributed by atoms with E-state index in [0.717, 1.165) is 11.4 Å². The number of carbonyl (C=O) groups is 1. The van der Waals surface area contributed by atoms with Gasteiger partial charge in [0.05, 0.1) is 0 Å². The number of carbonyl (C=O) groups excluding carboxylic acids is 1. The van der Waals surface area contributed by atoms with Crippen LogP contribution >= 0.6 is 21.6 Å². The van der Waals surface area contributed by atoms with E-state index in [2.05, 4.69) is 5.32 Å². The minimum atomic E-state index is -0.0157. The molecular formula is C9H11NOS2. The van der Waals surface area contributed by atoms with E-state index >= 15 is 0 Å². The van der Waals surface area contributed by atoms with Crippen molar-refractivity contribution in [2.45, 2.75) is 6.92 Å². The first kappa shape index (κ1) is 10.5. The molecule has 13 heavy (non-hydrogen) atoms. The number of hydrogen-bond donors (Lipinski definition) is 1. The lowest BCUT2D eigenvalue weighted by Gasteiger charge is -2.02. The van der Waals surface area contributed by atoms with Crippen molar-refractivity contribution in [3.05, 3.63) is 30.3 Å². The van der Waals surface area contributed by atoms with Crippen molar-refractivity contribution in [3.8, 4) is 0 Å². The van der Waals surface area contributed by atoms with Gasteiger partial charge in [-0.2, -0.15) is 0 Å². The van der Waals surface area contributed by atoms with E-state index in [4.69, 9.17) is 0 Å². The van der Waals surface area contributed by atoms with Crippen molar-refractivity contribution in [3.63, 3.8) is 0 Å². The van der Waals surface area contributed by atoms with Crippen LogP contribution < -0.4 is 5.32 Å². The van der Waals surface area contributed by atoms with Crippen molar-refractivity contribution in [1.82, 2.24) is 0 Å². The number of benzene rings is 1. The fourth-order valence-corrected chi connectivity index (χ4v) is 1.96. The molecule has 0 aromatic heterocycles. The number of para-hydroxylation sites is 1. The van der Waals surface area contributed by atoms with Crippen LogP contribution in [0.5, 0.6) is 0 Å². The minimum Gasteiger partial charge on any atom is -0.316 e. The summed E-state index contributed by atoms with van der Waals surface area (Å²) in [6.45, 7) is 2.02. The van der Waals surface area contributed by atoms with Gasteiger partial charge in [-0.05, 0) is 12.1 Å². The average molecular weight is 213 g/mol. The molecule has 0 aliphatic heterocycles. The van der Waals surface area contributed by atoms with E-state index in [0.29, 0.717) is 0 Å². The summed E-state index contributed by atoms with van der Waals surface area (Å²) in [6.07, 6.45) is 0. The highest BCUT2D eigenvalue weighted by Crippen LogP contribution is 2.22. The Kier molecular flexibility index (Phi) is 4.78. The Hall–Kier alpha value is -0.610. The molecular weight excluding hydrogens is 202 g/mol. The first-order valence-corrected chi connectivity index (χ1v) is 6.30. The fraction of sp³-hybridized carbons (Fsp3) is 0.222. The molecule has 1 aromatic carbocycles. The third-order valence-electron chi connectivity index (χ3n) is 1.27. The average Bonchev–Trinajstić information content (AvgIpc) is 2.16. The van der Waals surface area contributed by atoms with E-state index < -0.39 is 0 Å². The molecule has 0 saturated carbocycles. The maximum atomic E-state index is 11.2. The minimum absolute atomic E-state index is 0.0157. The van der Waals surface area contributed by atoms with Crippen LogP contribution in [0.4, 0.5) is 10.5 Å². The number of amides is 1. The van der Waals surface area contributed by atoms with Gasteiger partial charge in [-0.1, -0.05) is 35.9 Å². The summed E-state index contributed by atoms with van der Waals surface area (Å²) in [5.41, 5.74) is 0.844. The van der Waals surface area contributed by atoms with Gasteiger partial charge in [-0.15, -0.1) is 0 Å². The molecule has 2 nitrogen and oxygen atoms in total. The second-order valence-corrected chi connectivity index (χ2v) is 4.83. The lowest BCUT2D eigenvalue weighted by molar-refractivity contribution is 0.270. The van der Waals surface area contributed by atoms with E-state index in [1.54, 1.807) is 10.8 Å². The lowest BCUT2D eigenvalue weighted by atomic mass is 10.3.